The monoisotopic (exact) mass is 220 g/mol. The first-order valence-corrected chi connectivity index (χ1v) is 6.09. The summed E-state index contributed by atoms with van der Waals surface area (Å²) in [6.45, 7) is 4.33. The van der Waals surface area contributed by atoms with Gasteiger partial charge in [0.1, 0.15) is 5.82 Å². The predicted octanol–water partition coefficient (Wildman–Crippen LogP) is 2.14. The molecule has 0 amide bonds. The maximum atomic E-state index is 4.48. The van der Waals surface area contributed by atoms with E-state index in [1.165, 1.54) is 19.3 Å². The van der Waals surface area contributed by atoms with Crippen LogP contribution in [-0.2, 0) is 0 Å². The average molecular weight is 220 g/mol. The summed E-state index contributed by atoms with van der Waals surface area (Å²) in [5.41, 5.74) is 0. The molecule has 1 aliphatic carbocycles. The molecule has 0 aromatic carbocycles. The van der Waals surface area contributed by atoms with Gasteiger partial charge in [0, 0.05) is 26.3 Å². The molecule has 0 spiro atoms. The third-order valence-electron chi connectivity index (χ3n) is 3.27. The summed E-state index contributed by atoms with van der Waals surface area (Å²) in [6, 6.07) is 1.99. The van der Waals surface area contributed by atoms with Gasteiger partial charge in [0.05, 0.1) is 0 Å². The smallest absolute Gasteiger partial charge is 0.224 e. The van der Waals surface area contributed by atoms with E-state index in [1.54, 1.807) is 0 Å². The van der Waals surface area contributed by atoms with E-state index in [0.717, 1.165) is 24.8 Å². The number of anilines is 2. The summed E-state index contributed by atoms with van der Waals surface area (Å²) in [7, 11) is 1.85. The molecule has 0 radical (unpaired) electrons. The molecule has 1 heterocycles. The van der Waals surface area contributed by atoms with Gasteiger partial charge in [-0.25, -0.2) is 4.98 Å². The molecule has 0 saturated heterocycles. The largest absolute Gasteiger partial charge is 0.357 e. The molecule has 16 heavy (non-hydrogen) atoms. The Hall–Kier alpha value is -1.32. The van der Waals surface area contributed by atoms with E-state index in [0.29, 0.717) is 5.95 Å². The topological polar surface area (TPSA) is 41.1 Å². The van der Waals surface area contributed by atoms with Crippen molar-refractivity contribution in [1.82, 2.24) is 9.97 Å². The van der Waals surface area contributed by atoms with Crippen LogP contribution in [0.2, 0.25) is 0 Å². The molecule has 0 aliphatic heterocycles. The summed E-state index contributed by atoms with van der Waals surface area (Å²) in [4.78, 5) is 11.0. The van der Waals surface area contributed by atoms with Gasteiger partial charge in [-0.05, 0) is 31.7 Å². The zero-order valence-electron chi connectivity index (χ0n) is 10.1. The molecule has 1 aromatic rings. The van der Waals surface area contributed by atoms with E-state index in [-0.39, 0.29) is 0 Å². The molecule has 4 heteroatoms. The molecule has 0 bridgehead atoms. The first-order valence-electron chi connectivity index (χ1n) is 6.09. The molecule has 1 saturated carbocycles. The molecule has 88 valence electrons. The molecular formula is C12H20N4. The van der Waals surface area contributed by atoms with Gasteiger partial charge in [-0.1, -0.05) is 6.42 Å². The maximum Gasteiger partial charge on any atom is 0.224 e. The van der Waals surface area contributed by atoms with Crippen LogP contribution in [0, 0.1) is 5.92 Å². The van der Waals surface area contributed by atoms with Crippen LogP contribution < -0.4 is 10.2 Å². The Balaban J connectivity index is 2.05. The molecule has 1 aliphatic rings. The van der Waals surface area contributed by atoms with E-state index < -0.39 is 0 Å². The number of nitrogens with one attached hydrogen (secondary N) is 1. The SMILES string of the molecule is CCN(CC1CCC1)c1ccnc(NC)n1. The molecule has 1 N–H and O–H groups in total. The van der Waals surface area contributed by atoms with Crippen LogP contribution in [0.5, 0.6) is 0 Å². The minimum Gasteiger partial charge on any atom is -0.357 e. The number of hydrogen-bond acceptors (Lipinski definition) is 4. The Bertz CT molecular complexity index is 336. The fourth-order valence-electron chi connectivity index (χ4n) is 2.02. The van der Waals surface area contributed by atoms with Gasteiger partial charge in [0.25, 0.3) is 0 Å². The Morgan fingerprint density at radius 1 is 1.50 bits per heavy atom. The van der Waals surface area contributed by atoms with Gasteiger partial charge < -0.3 is 10.2 Å². The van der Waals surface area contributed by atoms with Gasteiger partial charge >= 0.3 is 0 Å². The zero-order chi connectivity index (χ0) is 11.4. The fourth-order valence-corrected chi connectivity index (χ4v) is 2.02. The van der Waals surface area contributed by atoms with Crippen LogP contribution in [0.4, 0.5) is 11.8 Å². The Morgan fingerprint density at radius 3 is 2.88 bits per heavy atom. The lowest BCUT2D eigenvalue weighted by Crippen LogP contribution is -2.33. The molecule has 2 rings (SSSR count). The first-order chi connectivity index (χ1) is 7.83. The Morgan fingerprint density at radius 2 is 2.31 bits per heavy atom. The lowest BCUT2D eigenvalue weighted by atomic mass is 9.85. The number of rotatable bonds is 5. The molecule has 1 fully saturated rings. The minimum absolute atomic E-state index is 0.699. The van der Waals surface area contributed by atoms with Crippen molar-refractivity contribution in [1.29, 1.82) is 0 Å². The number of nitrogens with zero attached hydrogens (tertiary/aromatic N) is 3. The van der Waals surface area contributed by atoms with E-state index >= 15 is 0 Å². The van der Waals surface area contributed by atoms with Gasteiger partial charge in [-0.3, -0.25) is 0 Å². The maximum absolute atomic E-state index is 4.48. The standard InChI is InChI=1S/C12H20N4/c1-3-16(9-10-5-4-6-10)11-7-8-14-12(13-2)15-11/h7-8,10H,3-6,9H2,1-2H3,(H,13,14,15). The molecule has 4 nitrogen and oxygen atoms in total. The lowest BCUT2D eigenvalue weighted by molar-refractivity contribution is 0.318. The van der Waals surface area contributed by atoms with Gasteiger partial charge in [-0.15, -0.1) is 0 Å². The normalized spacial score (nSPS) is 15.6. The molecule has 1 aromatic heterocycles. The van der Waals surface area contributed by atoms with Gasteiger partial charge in [-0.2, -0.15) is 4.98 Å². The number of aromatic nitrogens is 2. The van der Waals surface area contributed by atoms with Crippen molar-refractivity contribution < 1.29 is 0 Å². The Labute approximate surface area is 97.1 Å². The van der Waals surface area contributed by atoms with Crippen LogP contribution in [-0.4, -0.2) is 30.1 Å². The highest BCUT2D eigenvalue weighted by molar-refractivity contribution is 5.42. The quantitative estimate of drug-likeness (QED) is 0.825. The van der Waals surface area contributed by atoms with Crippen molar-refractivity contribution in [2.75, 3.05) is 30.4 Å². The van der Waals surface area contributed by atoms with Crippen LogP contribution in [0.3, 0.4) is 0 Å². The summed E-state index contributed by atoms with van der Waals surface area (Å²) in [5, 5.41) is 2.98. The van der Waals surface area contributed by atoms with Crippen molar-refractivity contribution in [3.8, 4) is 0 Å². The van der Waals surface area contributed by atoms with E-state index in [9.17, 15) is 0 Å². The molecular weight excluding hydrogens is 200 g/mol. The highest BCUT2D eigenvalue weighted by Gasteiger charge is 2.20. The van der Waals surface area contributed by atoms with E-state index in [1.807, 2.05) is 19.3 Å². The van der Waals surface area contributed by atoms with E-state index in [4.69, 9.17) is 0 Å². The van der Waals surface area contributed by atoms with Crippen molar-refractivity contribution in [3.05, 3.63) is 12.3 Å². The number of hydrogen-bond donors (Lipinski definition) is 1. The lowest BCUT2D eigenvalue weighted by Gasteiger charge is -2.32. The van der Waals surface area contributed by atoms with Crippen molar-refractivity contribution in [2.45, 2.75) is 26.2 Å². The van der Waals surface area contributed by atoms with Gasteiger partial charge in [0.2, 0.25) is 5.95 Å². The second-order valence-electron chi connectivity index (χ2n) is 4.32. The van der Waals surface area contributed by atoms with E-state index in [2.05, 4.69) is 27.1 Å². The summed E-state index contributed by atoms with van der Waals surface area (Å²) in [6.07, 6.45) is 5.96. The molecule has 0 atom stereocenters. The molecule has 0 unspecified atom stereocenters. The summed E-state index contributed by atoms with van der Waals surface area (Å²) in [5.74, 6) is 2.60. The minimum atomic E-state index is 0.699. The second-order valence-corrected chi connectivity index (χ2v) is 4.32. The van der Waals surface area contributed by atoms with Crippen molar-refractivity contribution in [3.63, 3.8) is 0 Å². The van der Waals surface area contributed by atoms with Crippen LogP contribution in [0.15, 0.2) is 12.3 Å². The first kappa shape index (κ1) is 11.2. The highest BCUT2D eigenvalue weighted by Crippen LogP contribution is 2.28. The zero-order valence-corrected chi connectivity index (χ0v) is 10.1. The van der Waals surface area contributed by atoms with Crippen molar-refractivity contribution >= 4 is 11.8 Å². The highest BCUT2D eigenvalue weighted by atomic mass is 15.2. The average Bonchev–Trinajstić information content (AvgIpc) is 2.28. The van der Waals surface area contributed by atoms with Crippen LogP contribution in [0.25, 0.3) is 0 Å². The Kier molecular flexibility index (Phi) is 3.59. The second kappa shape index (κ2) is 5.14. The third kappa shape index (κ3) is 2.43. The fraction of sp³-hybridized carbons (Fsp3) is 0.667. The van der Waals surface area contributed by atoms with Crippen LogP contribution in [0.1, 0.15) is 26.2 Å². The third-order valence-corrected chi connectivity index (χ3v) is 3.27. The summed E-state index contributed by atoms with van der Waals surface area (Å²) >= 11 is 0. The van der Waals surface area contributed by atoms with Crippen molar-refractivity contribution in [2.24, 2.45) is 5.92 Å². The van der Waals surface area contributed by atoms with Gasteiger partial charge in [0.15, 0.2) is 0 Å². The predicted molar refractivity (Wildman–Crippen MR) is 66.8 cm³/mol. The van der Waals surface area contributed by atoms with Crippen LogP contribution >= 0.6 is 0 Å². The summed E-state index contributed by atoms with van der Waals surface area (Å²) < 4.78 is 0.